The summed E-state index contributed by atoms with van der Waals surface area (Å²) in [7, 11) is 1.95. The third kappa shape index (κ3) is 4.87. The summed E-state index contributed by atoms with van der Waals surface area (Å²) in [5.41, 5.74) is 0.529. The highest BCUT2D eigenvalue weighted by molar-refractivity contribution is 7.16. The second-order valence-electron chi connectivity index (χ2n) is 4.67. The number of amides is 1. The average Bonchev–Trinajstić information content (AvgIpc) is 2.80. The number of quaternary nitrogens is 1. The summed E-state index contributed by atoms with van der Waals surface area (Å²) < 4.78 is 0.757. The van der Waals surface area contributed by atoms with E-state index in [9.17, 15) is 4.79 Å². The lowest BCUT2D eigenvalue weighted by Crippen LogP contribution is -3.08. The van der Waals surface area contributed by atoms with Gasteiger partial charge in [0.15, 0.2) is 6.54 Å². The maximum Gasteiger partial charge on any atom is 0.279 e. The molecule has 0 fully saturated rings. The lowest BCUT2D eigenvalue weighted by molar-refractivity contribution is -0.884. The van der Waals surface area contributed by atoms with Gasteiger partial charge in [-0.2, -0.15) is 0 Å². The van der Waals surface area contributed by atoms with E-state index in [1.807, 2.05) is 19.2 Å². The summed E-state index contributed by atoms with van der Waals surface area (Å²) >= 11 is 19.4. The predicted molar refractivity (Wildman–Crippen MR) is 89.9 cm³/mol. The van der Waals surface area contributed by atoms with Crippen LogP contribution in [0.1, 0.15) is 4.88 Å². The van der Waals surface area contributed by atoms with Crippen LogP contribution in [-0.4, -0.2) is 19.5 Å². The first-order valence-electron chi connectivity index (χ1n) is 6.25. The Kier molecular flexibility index (Phi) is 5.90. The number of halogens is 3. The van der Waals surface area contributed by atoms with Gasteiger partial charge in [-0.25, -0.2) is 0 Å². The number of hydrogen-bond donors (Lipinski definition) is 2. The van der Waals surface area contributed by atoms with Crippen molar-refractivity contribution in [3.05, 3.63) is 49.6 Å². The normalized spacial score (nSPS) is 12.2. The quantitative estimate of drug-likeness (QED) is 0.838. The van der Waals surface area contributed by atoms with Crippen molar-refractivity contribution in [2.75, 3.05) is 18.9 Å². The number of carbonyl (C=O) groups excluding carboxylic acids is 1. The fourth-order valence-electron chi connectivity index (χ4n) is 1.88. The number of rotatable bonds is 5. The molecule has 21 heavy (non-hydrogen) atoms. The highest BCUT2D eigenvalue weighted by Crippen LogP contribution is 2.29. The van der Waals surface area contributed by atoms with Crippen LogP contribution in [-0.2, 0) is 11.3 Å². The minimum Gasteiger partial charge on any atom is -0.325 e. The van der Waals surface area contributed by atoms with Crippen LogP contribution in [0.3, 0.4) is 0 Å². The largest absolute Gasteiger partial charge is 0.325 e. The van der Waals surface area contributed by atoms with Gasteiger partial charge in [0, 0.05) is 0 Å². The smallest absolute Gasteiger partial charge is 0.279 e. The number of likely N-dealkylation sites (N-methyl/N-ethyl adjacent to an activating group) is 1. The number of benzene rings is 1. The summed E-state index contributed by atoms with van der Waals surface area (Å²) in [6.45, 7) is 1.08. The Morgan fingerprint density at radius 2 is 2.00 bits per heavy atom. The van der Waals surface area contributed by atoms with Gasteiger partial charge in [0.2, 0.25) is 0 Å². The Labute approximate surface area is 142 Å². The van der Waals surface area contributed by atoms with Crippen molar-refractivity contribution in [3.8, 4) is 0 Å². The van der Waals surface area contributed by atoms with E-state index in [4.69, 9.17) is 34.8 Å². The van der Waals surface area contributed by atoms with Gasteiger partial charge in [0.1, 0.15) is 6.54 Å². The molecule has 0 aliphatic heterocycles. The lowest BCUT2D eigenvalue weighted by atomic mass is 10.3. The van der Waals surface area contributed by atoms with E-state index in [1.54, 1.807) is 18.2 Å². The molecule has 0 saturated heterocycles. The standard InChI is InChI=1S/C14H13Cl3N2OS/c1-19(7-9-5-6-12(16)21-9)8-13(20)18-11-4-2-3-10(15)14(11)17/h2-6H,7-8H2,1H3,(H,18,20)/p+1. The summed E-state index contributed by atoms with van der Waals surface area (Å²) in [5.74, 6) is -0.112. The van der Waals surface area contributed by atoms with Gasteiger partial charge < -0.3 is 10.2 Å². The van der Waals surface area contributed by atoms with Gasteiger partial charge in [-0.05, 0) is 24.3 Å². The Morgan fingerprint density at radius 1 is 1.24 bits per heavy atom. The van der Waals surface area contributed by atoms with E-state index in [0.29, 0.717) is 22.3 Å². The maximum atomic E-state index is 12.0. The SMILES string of the molecule is C[NH+](CC(=O)Nc1cccc(Cl)c1Cl)Cc1ccc(Cl)s1. The second-order valence-corrected chi connectivity index (χ2v) is 7.25. The third-order valence-corrected chi connectivity index (χ3v) is 4.84. The van der Waals surface area contributed by atoms with Gasteiger partial charge in [-0.1, -0.05) is 40.9 Å². The number of thiophene rings is 1. The lowest BCUT2D eigenvalue weighted by Gasteiger charge is -2.13. The minimum absolute atomic E-state index is 0.112. The van der Waals surface area contributed by atoms with Crippen LogP contribution >= 0.6 is 46.1 Å². The minimum atomic E-state index is -0.112. The predicted octanol–water partition coefficient (Wildman–Crippen LogP) is 3.36. The first kappa shape index (κ1) is 16.6. The highest BCUT2D eigenvalue weighted by Gasteiger charge is 2.14. The van der Waals surface area contributed by atoms with Crippen molar-refractivity contribution in [2.24, 2.45) is 0 Å². The zero-order valence-electron chi connectivity index (χ0n) is 11.3. The van der Waals surface area contributed by atoms with Crippen molar-refractivity contribution in [3.63, 3.8) is 0 Å². The Bertz CT molecular complexity index is 645. The zero-order valence-corrected chi connectivity index (χ0v) is 14.3. The van der Waals surface area contributed by atoms with Gasteiger partial charge >= 0.3 is 0 Å². The van der Waals surface area contributed by atoms with E-state index < -0.39 is 0 Å². The Morgan fingerprint density at radius 3 is 2.67 bits per heavy atom. The van der Waals surface area contributed by atoms with E-state index in [0.717, 1.165) is 20.7 Å². The molecule has 1 amide bonds. The van der Waals surface area contributed by atoms with Crippen molar-refractivity contribution < 1.29 is 9.69 Å². The van der Waals surface area contributed by atoms with Crippen LogP contribution < -0.4 is 10.2 Å². The topological polar surface area (TPSA) is 33.5 Å². The first-order valence-corrected chi connectivity index (χ1v) is 8.20. The van der Waals surface area contributed by atoms with E-state index in [2.05, 4.69) is 5.32 Å². The third-order valence-electron chi connectivity index (χ3n) is 2.79. The molecule has 0 saturated carbocycles. The van der Waals surface area contributed by atoms with Gasteiger partial charge in [0.05, 0.1) is 32.0 Å². The van der Waals surface area contributed by atoms with Crippen molar-refractivity contribution >= 4 is 57.7 Å². The number of carbonyl (C=O) groups is 1. The van der Waals surface area contributed by atoms with Crippen LogP contribution in [0, 0.1) is 0 Å². The molecule has 112 valence electrons. The molecule has 0 radical (unpaired) electrons. The van der Waals surface area contributed by atoms with Crippen LogP contribution in [0.2, 0.25) is 14.4 Å². The maximum absolute atomic E-state index is 12.0. The van der Waals surface area contributed by atoms with Crippen LogP contribution in [0.5, 0.6) is 0 Å². The molecule has 1 heterocycles. The van der Waals surface area contributed by atoms with E-state index in [1.165, 1.54) is 11.3 Å². The van der Waals surface area contributed by atoms with Crippen molar-refractivity contribution in [1.29, 1.82) is 0 Å². The van der Waals surface area contributed by atoms with Gasteiger partial charge in [-0.3, -0.25) is 4.79 Å². The molecular formula is C14H14Cl3N2OS+. The van der Waals surface area contributed by atoms with Gasteiger partial charge in [-0.15, -0.1) is 11.3 Å². The molecule has 0 bridgehead atoms. The molecule has 1 aromatic heterocycles. The monoisotopic (exact) mass is 363 g/mol. The molecule has 2 N–H and O–H groups in total. The Hall–Kier alpha value is -0.780. The molecule has 1 unspecified atom stereocenters. The van der Waals surface area contributed by atoms with Crippen molar-refractivity contribution in [1.82, 2.24) is 0 Å². The molecule has 2 aromatic rings. The highest BCUT2D eigenvalue weighted by atomic mass is 35.5. The van der Waals surface area contributed by atoms with Crippen LogP contribution in [0.15, 0.2) is 30.3 Å². The number of nitrogens with one attached hydrogen (secondary N) is 2. The van der Waals surface area contributed by atoms with Gasteiger partial charge in [0.25, 0.3) is 5.91 Å². The number of hydrogen-bond acceptors (Lipinski definition) is 2. The van der Waals surface area contributed by atoms with E-state index >= 15 is 0 Å². The fourth-order valence-corrected chi connectivity index (χ4v) is 3.42. The molecular weight excluding hydrogens is 351 g/mol. The summed E-state index contributed by atoms with van der Waals surface area (Å²) in [5, 5.41) is 3.55. The first-order chi connectivity index (χ1) is 9.95. The second kappa shape index (κ2) is 7.47. The average molecular weight is 365 g/mol. The zero-order chi connectivity index (χ0) is 15.4. The van der Waals surface area contributed by atoms with Crippen LogP contribution in [0.4, 0.5) is 5.69 Å². The summed E-state index contributed by atoms with van der Waals surface area (Å²) in [6.07, 6.45) is 0. The van der Waals surface area contributed by atoms with Crippen LogP contribution in [0.25, 0.3) is 0 Å². The fraction of sp³-hybridized carbons (Fsp3) is 0.214. The number of anilines is 1. The molecule has 3 nitrogen and oxygen atoms in total. The Balaban J connectivity index is 1.90. The molecule has 2 rings (SSSR count). The summed E-state index contributed by atoms with van der Waals surface area (Å²) in [4.78, 5) is 14.2. The molecule has 0 aliphatic rings. The molecule has 7 heteroatoms. The summed E-state index contributed by atoms with van der Waals surface area (Å²) in [6, 6.07) is 8.98. The molecule has 0 spiro atoms. The van der Waals surface area contributed by atoms with Crippen molar-refractivity contribution in [2.45, 2.75) is 6.54 Å². The molecule has 1 atom stereocenters. The van der Waals surface area contributed by atoms with E-state index in [-0.39, 0.29) is 5.91 Å². The molecule has 1 aromatic carbocycles. The molecule has 0 aliphatic carbocycles.